The first-order valence-corrected chi connectivity index (χ1v) is 12.6. The number of halogens is 1. The van der Waals surface area contributed by atoms with Gasteiger partial charge in [0.1, 0.15) is 0 Å². The van der Waals surface area contributed by atoms with E-state index in [0.717, 1.165) is 20.9 Å². The van der Waals surface area contributed by atoms with Crippen molar-refractivity contribution in [1.29, 1.82) is 0 Å². The van der Waals surface area contributed by atoms with Crippen LogP contribution in [0.4, 0.5) is 0 Å². The number of hydrogen-bond acceptors (Lipinski definition) is 1. The smallest absolute Gasteiger partial charge is 0.0800 e. The summed E-state index contributed by atoms with van der Waals surface area (Å²) in [7, 11) is 0. The molecule has 2 heteroatoms. The molecular formula is C33H20BrN. The van der Waals surface area contributed by atoms with Crippen LogP contribution in [0.2, 0.25) is 0 Å². The molecule has 0 N–H and O–H groups in total. The summed E-state index contributed by atoms with van der Waals surface area (Å²) in [5.41, 5.74) is 6.92. The van der Waals surface area contributed by atoms with E-state index in [1.165, 1.54) is 49.2 Å². The van der Waals surface area contributed by atoms with Gasteiger partial charge in [0.25, 0.3) is 0 Å². The zero-order valence-electron chi connectivity index (χ0n) is 18.9. The largest absolute Gasteiger partial charge is 0.247 e. The van der Waals surface area contributed by atoms with Crippen LogP contribution in [0.3, 0.4) is 0 Å². The van der Waals surface area contributed by atoms with Gasteiger partial charge in [0.05, 0.1) is 11.0 Å². The lowest BCUT2D eigenvalue weighted by atomic mass is 9.89. The quantitative estimate of drug-likeness (QED) is 0.167. The SMILES string of the molecule is Brc1ccc2nc3c4ccccc4c4ccccc4c3c(-c3ccc(-c4ccccc4)cc3)c2c1. The van der Waals surface area contributed by atoms with Crippen molar-refractivity contribution < 1.29 is 0 Å². The van der Waals surface area contributed by atoms with E-state index < -0.39 is 0 Å². The fourth-order valence-electron chi connectivity index (χ4n) is 5.31. The number of pyridine rings is 1. The summed E-state index contributed by atoms with van der Waals surface area (Å²) in [5, 5.41) is 7.28. The molecule has 0 aliphatic heterocycles. The minimum absolute atomic E-state index is 1.00. The van der Waals surface area contributed by atoms with Gasteiger partial charge in [0, 0.05) is 26.2 Å². The molecule has 7 aromatic rings. The molecule has 0 aliphatic carbocycles. The molecule has 1 nitrogen and oxygen atoms in total. The van der Waals surface area contributed by atoms with Gasteiger partial charge in [-0.15, -0.1) is 0 Å². The topological polar surface area (TPSA) is 12.9 Å². The van der Waals surface area contributed by atoms with Gasteiger partial charge in [0.2, 0.25) is 0 Å². The van der Waals surface area contributed by atoms with Gasteiger partial charge in [-0.1, -0.05) is 119 Å². The van der Waals surface area contributed by atoms with Crippen molar-refractivity contribution in [3.8, 4) is 22.3 Å². The lowest BCUT2D eigenvalue weighted by Gasteiger charge is -2.17. The minimum Gasteiger partial charge on any atom is -0.247 e. The average molecular weight is 510 g/mol. The molecule has 7 rings (SSSR count). The van der Waals surface area contributed by atoms with Crippen LogP contribution in [0.15, 0.2) is 126 Å². The zero-order valence-corrected chi connectivity index (χ0v) is 20.5. The van der Waals surface area contributed by atoms with Gasteiger partial charge in [-0.25, -0.2) is 4.98 Å². The first-order chi connectivity index (χ1) is 17.3. The normalized spacial score (nSPS) is 11.6. The maximum atomic E-state index is 5.23. The molecule has 0 saturated heterocycles. The number of rotatable bonds is 2. The maximum Gasteiger partial charge on any atom is 0.0800 e. The van der Waals surface area contributed by atoms with Crippen molar-refractivity contribution in [3.05, 3.63) is 126 Å². The molecule has 0 unspecified atom stereocenters. The Bertz CT molecular complexity index is 1890. The fourth-order valence-corrected chi connectivity index (χ4v) is 5.67. The number of nitrogens with zero attached hydrogens (tertiary/aromatic N) is 1. The highest BCUT2D eigenvalue weighted by Crippen LogP contribution is 2.43. The molecule has 0 bridgehead atoms. The Morgan fingerprint density at radius 1 is 0.457 bits per heavy atom. The van der Waals surface area contributed by atoms with Gasteiger partial charge in [0.15, 0.2) is 0 Å². The Balaban J connectivity index is 1.65. The zero-order chi connectivity index (χ0) is 23.4. The standard InChI is InChI=1S/C33H20BrN/c34-24-18-19-30-29(20-24)31(23-16-14-22(15-17-23)21-8-2-1-3-9-21)32-27-12-6-4-10-25(27)26-11-5-7-13-28(26)33(32)35-30/h1-20H. The van der Waals surface area contributed by atoms with Crippen molar-refractivity contribution in [3.63, 3.8) is 0 Å². The van der Waals surface area contributed by atoms with Crippen molar-refractivity contribution in [2.75, 3.05) is 0 Å². The Hall–Kier alpha value is -4.01. The van der Waals surface area contributed by atoms with Gasteiger partial charge in [-0.2, -0.15) is 0 Å². The van der Waals surface area contributed by atoms with E-state index >= 15 is 0 Å². The first kappa shape index (κ1) is 20.4. The van der Waals surface area contributed by atoms with E-state index in [1.54, 1.807) is 0 Å². The second-order valence-corrected chi connectivity index (χ2v) is 9.82. The molecule has 1 aromatic heterocycles. The van der Waals surface area contributed by atoms with Gasteiger partial charge < -0.3 is 0 Å². The van der Waals surface area contributed by atoms with Crippen LogP contribution < -0.4 is 0 Å². The molecule has 164 valence electrons. The van der Waals surface area contributed by atoms with Gasteiger partial charge >= 0.3 is 0 Å². The summed E-state index contributed by atoms with van der Waals surface area (Å²) in [6.45, 7) is 0. The van der Waals surface area contributed by atoms with Crippen LogP contribution in [-0.2, 0) is 0 Å². The summed E-state index contributed by atoms with van der Waals surface area (Å²) in [6.07, 6.45) is 0. The van der Waals surface area contributed by atoms with E-state index in [9.17, 15) is 0 Å². The average Bonchev–Trinajstić information content (AvgIpc) is 2.93. The summed E-state index contributed by atoms with van der Waals surface area (Å²) < 4.78 is 1.05. The molecule has 0 atom stereocenters. The molecule has 6 aromatic carbocycles. The Morgan fingerprint density at radius 3 is 1.77 bits per heavy atom. The van der Waals surface area contributed by atoms with Crippen molar-refractivity contribution in [2.24, 2.45) is 0 Å². The third kappa shape index (κ3) is 3.25. The van der Waals surface area contributed by atoms with E-state index in [2.05, 4.69) is 137 Å². The minimum atomic E-state index is 1.00. The predicted octanol–water partition coefficient (Wildman–Crippen LogP) is 9.79. The third-order valence-corrected chi connectivity index (χ3v) is 7.39. The van der Waals surface area contributed by atoms with Crippen LogP contribution in [0.1, 0.15) is 0 Å². The van der Waals surface area contributed by atoms with Crippen LogP contribution in [0, 0.1) is 0 Å². The molecular weight excluding hydrogens is 490 g/mol. The molecule has 0 amide bonds. The Labute approximate surface area is 211 Å². The van der Waals surface area contributed by atoms with Gasteiger partial charge in [-0.3, -0.25) is 0 Å². The highest BCUT2D eigenvalue weighted by Gasteiger charge is 2.17. The van der Waals surface area contributed by atoms with Crippen LogP contribution in [-0.4, -0.2) is 4.98 Å². The van der Waals surface area contributed by atoms with E-state index in [-0.39, 0.29) is 0 Å². The van der Waals surface area contributed by atoms with Crippen LogP contribution in [0.5, 0.6) is 0 Å². The first-order valence-electron chi connectivity index (χ1n) is 11.8. The number of aromatic nitrogens is 1. The second-order valence-electron chi connectivity index (χ2n) is 8.91. The molecule has 0 aliphatic rings. The predicted molar refractivity (Wildman–Crippen MR) is 153 cm³/mol. The van der Waals surface area contributed by atoms with E-state index in [4.69, 9.17) is 4.98 Å². The molecule has 0 fully saturated rings. The second kappa shape index (κ2) is 8.04. The summed E-state index contributed by atoms with van der Waals surface area (Å²) in [6, 6.07) is 43.2. The Morgan fingerprint density at radius 2 is 1.03 bits per heavy atom. The van der Waals surface area contributed by atoms with Crippen molar-refractivity contribution in [2.45, 2.75) is 0 Å². The molecule has 1 heterocycles. The number of benzene rings is 6. The van der Waals surface area contributed by atoms with Crippen LogP contribution in [0.25, 0.3) is 65.6 Å². The van der Waals surface area contributed by atoms with Crippen molar-refractivity contribution in [1.82, 2.24) is 4.98 Å². The van der Waals surface area contributed by atoms with Gasteiger partial charge in [-0.05, 0) is 51.0 Å². The summed E-state index contributed by atoms with van der Waals surface area (Å²) in [4.78, 5) is 5.23. The van der Waals surface area contributed by atoms with Crippen molar-refractivity contribution >= 4 is 59.3 Å². The molecule has 0 saturated carbocycles. The third-order valence-electron chi connectivity index (χ3n) is 6.90. The lowest BCUT2D eigenvalue weighted by molar-refractivity contribution is 1.51. The Kier molecular flexibility index (Phi) is 4.68. The summed E-state index contributed by atoms with van der Waals surface area (Å²) in [5.74, 6) is 0. The molecule has 35 heavy (non-hydrogen) atoms. The van der Waals surface area contributed by atoms with E-state index in [0.29, 0.717) is 0 Å². The fraction of sp³-hybridized carbons (Fsp3) is 0. The molecule has 0 radical (unpaired) electrons. The molecule has 0 spiro atoms. The summed E-state index contributed by atoms with van der Waals surface area (Å²) >= 11 is 3.71. The highest BCUT2D eigenvalue weighted by molar-refractivity contribution is 9.10. The lowest BCUT2D eigenvalue weighted by Crippen LogP contribution is -1.93. The monoisotopic (exact) mass is 509 g/mol. The van der Waals surface area contributed by atoms with E-state index in [1.807, 2.05) is 0 Å². The maximum absolute atomic E-state index is 5.23. The van der Waals surface area contributed by atoms with Crippen LogP contribution >= 0.6 is 15.9 Å². The number of fused-ring (bicyclic) bond motifs is 7. The number of hydrogen-bond donors (Lipinski definition) is 0. The highest BCUT2D eigenvalue weighted by atomic mass is 79.9.